The summed E-state index contributed by atoms with van der Waals surface area (Å²) in [6.07, 6.45) is 0. The molecule has 0 atom stereocenters. The summed E-state index contributed by atoms with van der Waals surface area (Å²) in [5.41, 5.74) is 0.543. The summed E-state index contributed by atoms with van der Waals surface area (Å²) < 4.78 is 31.6. The zero-order chi connectivity index (χ0) is 18.2. The molecule has 25 heavy (non-hydrogen) atoms. The number of phenols is 1. The summed E-state index contributed by atoms with van der Waals surface area (Å²) in [5, 5.41) is 9.34. The van der Waals surface area contributed by atoms with E-state index in [2.05, 4.69) is 0 Å². The topological polar surface area (TPSA) is 47.9 Å². The lowest BCUT2D eigenvalue weighted by molar-refractivity contribution is 0.00578. The Labute approximate surface area is 147 Å². The van der Waals surface area contributed by atoms with Crippen molar-refractivity contribution < 1.29 is 23.5 Å². The molecule has 0 aromatic heterocycles. The number of halogens is 1. The maximum atomic E-state index is 13.7. The number of hydrogen-bond acceptors (Lipinski definition) is 4. The van der Waals surface area contributed by atoms with Crippen LogP contribution in [0.15, 0.2) is 42.5 Å². The van der Waals surface area contributed by atoms with E-state index in [-0.39, 0.29) is 18.2 Å². The Kier molecular flexibility index (Phi) is 4.52. The van der Waals surface area contributed by atoms with Crippen molar-refractivity contribution in [2.45, 2.75) is 45.5 Å². The number of phenolic OH excluding ortho intramolecular Hbond substituents is 1. The maximum absolute atomic E-state index is 13.7. The molecule has 132 valence electrons. The third kappa shape index (κ3) is 3.65. The fraction of sp³-hybridized carbons (Fsp3) is 0.368. The van der Waals surface area contributed by atoms with Crippen molar-refractivity contribution in [2.24, 2.45) is 0 Å². The normalized spacial score (nSPS) is 18.4. The molecule has 0 radical (unpaired) electrons. The summed E-state index contributed by atoms with van der Waals surface area (Å²) in [5.74, 6) is 0.181. The van der Waals surface area contributed by atoms with Crippen LogP contribution < -0.4 is 10.2 Å². The van der Waals surface area contributed by atoms with Crippen LogP contribution in [-0.4, -0.2) is 23.4 Å². The number of benzene rings is 2. The van der Waals surface area contributed by atoms with Gasteiger partial charge in [0, 0.05) is 11.5 Å². The lowest BCUT2D eigenvalue weighted by Gasteiger charge is -2.32. The molecular formula is C19H22BFO4. The van der Waals surface area contributed by atoms with E-state index in [1.54, 1.807) is 30.3 Å². The summed E-state index contributed by atoms with van der Waals surface area (Å²) in [4.78, 5) is 0. The highest BCUT2D eigenvalue weighted by Gasteiger charge is 2.52. The van der Waals surface area contributed by atoms with Gasteiger partial charge in [0.2, 0.25) is 0 Å². The van der Waals surface area contributed by atoms with Crippen LogP contribution in [0.25, 0.3) is 0 Å². The third-order valence-corrected chi connectivity index (χ3v) is 4.81. The number of hydrogen-bond donors (Lipinski definition) is 1. The molecule has 6 heteroatoms. The minimum atomic E-state index is -0.625. The number of aromatic hydroxyl groups is 1. The van der Waals surface area contributed by atoms with Crippen LogP contribution in [0, 0.1) is 5.82 Å². The Morgan fingerprint density at radius 1 is 1.00 bits per heavy atom. The van der Waals surface area contributed by atoms with E-state index in [9.17, 15) is 9.50 Å². The average Bonchev–Trinajstić information content (AvgIpc) is 2.75. The molecule has 2 aromatic carbocycles. The van der Waals surface area contributed by atoms with Crippen LogP contribution >= 0.6 is 0 Å². The molecule has 1 N–H and O–H groups in total. The van der Waals surface area contributed by atoms with Gasteiger partial charge in [-0.15, -0.1) is 0 Å². The van der Waals surface area contributed by atoms with Crippen molar-refractivity contribution in [3.63, 3.8) is 0 Å². The quantitative estimate of drug-likeness (QED) is 0.864. The van der Waals surface area contributed by atoms with Gasteiger partial charge in [-0.2, -0.15) is 0 Å². The van der Waals surface area contributed by atoms with Gasteiger partial charge in [-0.1, -0.05) is 18.2 Å². The minimum Gasteiger partial charge on any atom is -0.508 e. The molecule has 0 bridgehead atoms. The summed E-state index contributed by atoms with van der Waals surface area (Å²) in [7, 11) is -0.625. The zero-order valence-corrected chi connectivity index (χ0v) is 14.9. The molecule has 1 fully saturated rings. The van der Waals surface area contributed by atoms with Crippen molar-refractivity contribution in [1.82, 2.24) is 0 Å². The van der Waals surface area contributed by atoms with Gasteiger partial charge < -0.3 is 19.2 Å². The van der Waals surface area contributed by atoms with E-state index >= 15 is 0 Å². The predicted molar refractivity (Wildman–Crippen MR) is 94.6 cm³/mol. The van der Waals surface area contributed by atoms with Crippen molar-refractivity contribution in [2.75, 3.05) is 0 Å². The molecule has 0 amide bonds. The van der Waals surface area contributed by atoms with Gasteiger partial charge in [-0.3, -0.25) is 0 Å². The van der Waals surface area contributed by atoms with Crippen LogP contribution in [0.1, 0.15) is 33.3 Å². The second-order valence-electron chi connectivity index (χ2n) is 7.23. The molecule has 0 aliphatic carbocycles. The zero-order valence-electron chi connectivity index (χ0n) is 14.9. The van der Waals surface area contributed by atoms with Crippen LogP contribution in [0.5, 0.6) is 11.5 Å². The highest BCUT2D eigenvalue weighted by atomic mass is 19.1. The SMILES string of the molecule is CC1(C)OB(c2ccc(F)cc2OCc2ccc(O)cc2)OC1(C)C. The molecule has 0 unspecified atom stereocenters. The Hall–Kier alpha value is -2.05. The Bertz CT molecular complexity index is 743. The van der Waals surface area contributed by atoms with Crippen molar-refractivity contribution in [3.05, 3.63) is 53.8 Å². The van der Waals surface area contributed by atoms with E-state index in [0.29, 0.717) is 11.2 Å². The fourth-order valence-electron chi connectivity index (χ4n) is 2.55. The maximum Gasteiger partial charge on any atom is 0.498 e. The first-order valence-electron chi connectivity index (χ1n) is 8.24. The van der Waals surface area contributed by atoms with E-state index in [1.165, 1.54) is 12.1 Å². The predicted octanol–water partition coefficient (Wildman–Crippen LogP) is 3.41. The molecule has 1 aliphatic heterocycles. The van der Waals surface area contributed by atoms with Crippen molar-refractivity contribution in [3.8, 4) is 11.5 Å². The van der Waals surface area contributed by atoms with E-state index < -0.39 is 18.3 Å². The fourth-order valence-corrected chi connectivity index (χ4v) is 2.55. The molecule has 3 rings (SSSR count). The van der Waals surface area contributed by atoms with E-state index in [0.717, 1.165) is 5.56 Å². The summed E-state index contributed by atoms with van der Waals surface area (Å²) in [6.45, 7) is 8.11. The first-order valence-corrected chi connectivity index (χ1v) is 8.24. The highest BCUT2D eigenvalue weighted by molar-refractivity contribution is 6.63. The second kappa shape index (κ2) is 6.35. The molecule has 1 heterocycles. The number of ether oxygens (including phenoxy) is 1. The summed E-state index contributed by atoms with van der Waals surface area (Å²) in [6, 6.07) is 11.0. The van der Waals surface area contributed by atoms with Gasteiger partial charge in [-0.05, 0) is 51.5 Å². The van der Waals surface area contributed by atoms with E-state index in [4.69, 9.17) is 14.0 Å². The van der Waals surface area contributed by atoms with Crippen LogP contribution in [0.4, 0.5) is 4.39 Å². The van der Waals surface area contributed by atoms with Crippen molar-refractivity contribution in [1.29, 1.82) is 0 Å². The number of rotatable bonds is 4. The standard InChI is InChI=1S/C19H22BFO4/c1-18(2)19(3,4)25-20(24-18)16-10-7-14(21)11-17(16)23-12-13-5-8-15(22)9-6-13/h5-11,22H,12H2,1-4H3. The monoisotopic (exact) mass is 344 g/mol. The van der Waals surface area contributed by atoms with Gasteiger partial charge in [0.25, 0.3) is 0 Å². The lowest BCUT2D eigenvalue weighted by atomic mass is 9.78. The summed E-state index contributed by atoms with van der Waals surface area (Å²) >= 11 is 0. The molecule has 0 saturated carbocycles. The first-order chi connectivity index (χ1) is 11.7. The lowest BCUT2D eigenvalue weighted by Crippen LogP contribution is -2.41. The minimum absolute atomic E-state index is 0.187. The smallest absolute Gasteiger partial charge is 0.498 e. The molecule has 1 saturated heterocycles. The first kappa shape index (κ1) is 17.8. The van der Waals surface area contributed by atoms with E-state index in [1.807, 2.05) is 27.7 Å². The molecule has 0 spiro atoms. The third-order valence-electron chi connectivity index (χ3n) is 4.81. The van der Waals surface area contributed by atoms with Crippen LogP contribution in [-0.2, 0) is 15.9 Å². The molecule has 1 aliphatic rings. The Morgan fingerprint density at radius 3 is 2.20 bits per heavy atom. The van der Waals surface area contributed by atoms with Gasteiger partial charge in [0.15, 0.2) is 0 Å². The van der Waals surface area contributed by atoms with Crippen molar-refractivity contribution >= 4 is 12.6 Å². The molecule has 2 aromatic rings. The highest BCUT2D eigenvalue weighted by Crippen LogP contribution is 2.37. The van der Waals surface area contributed by atoms with Gasteiger partial charge >= 0.3 is 7.12 Å². The van der Waals surface area contributed by atoms with Crippen LogP contribution in [0.3, 0.4) is 0 Å². The van der Waals surface area contributed by atoms with Crippen LogP contribution in [0.2, 0.25) is 0 Å². The Morgan fingerprint density at radius 2 is 1.60 bits per heavy atom. The van der Waals surface area contributed by atoms with Gasteiger partial charge in [0.05, 0.1) is 11.2 Å². The van der Waals surface area contributed by atoms with Gasteiger partial charge in [0.1, 0.15) is 23.9 Å². The second-order valence-corrected chi connectivity index (χ2v) is 7.23. The Balaban J connectivity index is 1.83. The average molecular weight is 344 g/mol. The molecule has 4 nitrogen and oxygen atoms in total. The largest absolute Gasteiger partial charge is 0.508 e. The molecular weight excluding hydrogens is 322 g/mol. The van der Waals surface area contributed by atoms with Gasteiger partial charge in [-0.25, -0.2) is 4.39 Å².